The third kappa shape index (κ3) is 6.52. The Hall–Kier alpha value is -1.76. The molecule has 0 bridgehead atoms. The van der Waals surface area contributed by atoms with Crippen LogP contribution in [0.4, 0.5) is 13.2 Å². The van der Waals surface area contributed by atoms with Gasteiger partial charge in [-0.05, 0) is 62.5 Å². The summed E-state index contributed by atoms with van der Waals surface area (Å²) in [6, 6.07) is 5.37. The normalized spacial score (nSPS) is 17.3. The third-order valence-electron chi connectivity index (χ3n) is 4.74. The Bertz CT molecular complexity index is 578. The number of halogens is 3. The fraction of sp³-hybridized carbons (Fsp3) is 0.632. The van der Waals surface area contributed by atoms with Crippen molar-refractivity contribution in [1.82, 2.24) is 15.5 Å². The predicted octanol–water partition coefficient (Wildman–Crippen LogP) is 3.49. The van der Waals surface area contributed by atoms with Gasteiger partial charge >= 0.3 is 6.18 Å². The average molecular weight is 370 g/mol. The van der Waals surface area contributed by atoms with Crippen LogP contribution in [0.15, 0.2) is 29.3 Å². The maximum atomic E-state index is 12.8. The van der Waals surface area contributed by atoms with Gasteiger partial charge in [0.25, 0.3) is 0 Å². The molecule has 0 saturated carbocycles. The molecule has 1 aromatic rings. The molecule has 146 valence electrons. The van der Waals surface area contributed by atoms with E-state index in [1.165, 1.54) is 25.1 Å². The molecular formula is C19H29F3N4. The predicted molar refractivity (Wildman–Crippen MR) is 99.1 cm³/mol. The molecule has 1 aromatic carbocycles. The Labute approximate surface area is 153 Å². The van der Waals surface area contributed by atoms with Crippen LogP contribution in [0.25, 0.3) is 0 Å². The number of alkyl halides is 3. The molecule has 7 heteroatoms. The second kappa shape index (κ2) is 9.80. The summed E-state index contributed by atoms with van der Waals surface area (Å²) in [5, 5.41) is 6.39. The van der Waals surface area contributed by atoms with Crippen LogP contribution in [0.5, 0.6) is 0 Å². The summed E-state index contributed by atoms with van der Waals surface area (Å²) in [6.07, 6.45) is -0.799. The summed E-state index contributed by atoms with van der Waals surface area (Å²) < 4.78 is 38.3. The van der Waals surface area contributed by atoms with Crippen molar-refractivity contribution in [2.24, 2.45) is 10.9 Å². The van der Waals surface area contributed by atoms with Gasteiger partial charge in [0.2, 0.25) is 0 Å². The minimum Gasteiger partial charge on any atom is -0.356 e. The minimum atomic E-state index is -4.32. The maximum absolute atomic E-state index is 12.8. The molecule has 0 atom stereocenters. The molecule has 1 fully saturated rings. The van der Waals surface area contributed by atoms with E-state index < -0.39 is 11.7 Å². The van der Waals surface area contributed by atoms with Crippen LogP contribution in [0.2, 0.25) is 0 Å². The first-order valence-corrected chi connectivity index (χ1v) is 9.25. The molecule has 1 aliphatic heterocycles. The molecule has 0 radical (unpaired) electrons. The Kier molecular flexibility index (Phi) is 7.75. The van der Waals surface area contributed by atoms with E-state index in [1.54, 1.807) is 13.1 Å². The van der Waals surface area contributed by atoms with E-state index >= 15 is 0 Å². The molecule has 1 saturated heterocycles. The highest BCUT2D eigenvalue weighted by Crippen LogP contribution is 2.29. The second-order valence-corrected chi connectivity index (χ2v) is 6.79. The smallest absolute Gasteiger partial charge is 0.356 e. The lowest BCUT2D eigenvalue weighted by atomic mass is 9.97. The highest BCUT2D eigenvalue weighted by molar-refractivity contribution is 5.79. The fourth-order valence-electron chi connectivity index (χ4n) is 3.24. The van der Waals surface area contributed by atoms with Crippen molar-refractivity contribution in [1.29, 1.82) is 0 Å². The van der Waals surface area contributed by atoms with Crippen LogP contribution in [0.3, 0.4) is 0 Å². The molecule has 0 unspecified atom stereocenters. The van der Waals surface area contributed by atoms with Crippen molar-refractivity contribution in [3.8, 4) is 0 Å². The number of rotatable bonds is 6. The van der Waals surface area contributed by atoms with Gasteiger partial charge in [0.15, 0.2) is 5.96 Å². The number of nitrogens with one attached hydrogen (secondary N) is 2. The largest absolute Gasteiger partial charge is 0.416 e. The van der Waals surface area contributed by atoms with Crippen molar-refractivity contribution in [2.75, 3.05) is 33.2 Å². The zero-order valence-corrected chi connectivity index (χ0v) is 15.6. The molecular weight excluding hydrogens is 341 g/mol. The molecule has 4 nitrogen and oxygen atoms in total. The minimum absolute atomic E-state index is 0.304. The third-order valence-corrected chi connectivity index (χ3v) is 4.74. The van der Waals surface area contributed by atoms with Crippen LogP contribution >= 0.6 is 0 Å². The Morgan fingerprint density at radius 1 is 1.23 bits per heavy atom. The molecule has 26 heavy (non-hydrogen) atoms. The molecule has 0 aliphatic carbocycles. The molecule has 0 spiro atoms. The van der Waals surface area contributed by atoms with Gasteiger partial charge in [-0.25, -0.2) is 0 Å². The van der Waals surface area contributed by atoms with Gasteiger partial charge in [0, 0.05) is 20.1 Å². The van der Waals surface area contributed by atoms with Crippen molar-refractivity contribution in [2.45, 2.75) is 38.9 Å². The van der Waals surface area contributed by atoms with Crippen LogP contribution in [-0.4, -0.2) is 44.1 Å². The number of benzene rings is 1. The highest BCUT2D eigenvalue weighted by atomic mass is 19.4. The number of hydrogen-bond donors (Lipinski definition) is 2. The Balaban J connectivity index is 1.77. The monoisotopic (exact) mass is 370 g/mol. The average Bonchev–Trinajstić information content (AvgIpc) is 2.63. The van der Waals surface area contributed by atoms with Crippen molar-refractivity contribution < 1.29 is 13.2 Å². The van der Waals surface area contributed by atoms with E-state index in [1.807, 2.05) is 0 Å². The lowest BCUT2D eigenvalue weighted by molar-refractivity contribution is -0.137. The van der Waals surface area contributed by atoms with Gasteiger partial charge in [0.05, 0.1) is 5.56 Å². The molecule has 2 N–H and O–H groups in total. The number of aliphatic imine (C=N–C) groups is 1. The number of piperidine rings is 1. The first-order chi connectivity index (χ1) is 12.4. The van der Waals surface area contributed by atoms with Crippen LogP contribution in [0.1, 0.15) is 37.3 Å². The van der Waals surface area contributed by atoms with E-state index in [-0.39, 0.29) is 0 Å². The summed E-state index contributed by atoms with van der Waals surface area (Å²) in [4.78, 5) is 6.66. The van der Waals surface area contributed by atoms with Gasteiger partial charge in [-0.1, -0.05) is 19.1 Å². The number of nitrogens with zero attached hydrogens (tertiary/aromatic N) is 2. The topological polar surface area (TPSA) is 39.7 Å². The summed E-state index contributed by atoms with van der Waals surface area (Å²) >= 11 is 0. The SMILES string of the molecule is CCCN1CCC(CNC(=NC)NCc2cccc(C(F)(F)F)c2)CC1. The van der Waals surface area contributed by atoms with Gasteiger partial charge in [-0.2, -0.15) is 13.2 Å². The second-order valence-electron chi connectivity index (χ2n) is 6.79. The fourth-order valence-corrected chi connectivity index (χ4v) is 3.24. The molecule has 2 rings (SSSR count). The summed E-state index contributed by atoms with van der Waals surface area (Å²) in [5.74, 6) is 1.23. The van der Waals surface area contributed by atoms with Gasteiger partial charge in [-0.3, -0.25) is 4.99 Å². The molecule has 0 aromatic heterocycles. The Morgan fingerprint density at radius 2 is 1.96 bits per heavy atom. The lowest BCUT2D eigenvalue weighted by Crippen LogP contribution is -2.42. The highest BCUT2D eigenvalue weighted by Gasteiger charge is 2.30. The molecule has 1 aliphatic rings. The summed E-state index contributed by atoms with van der Waals surface area (Å²) in [5.41, 5.74) is -0.0470. The van der Waals surface area contributed by atoms with E-state index in [0.29, 0.717) is 24.0 Å². The number of guanidine groups is 1. The number of likely N-dealkylation sites (tertiary alicyclic amines) is 1. The first-order valence-electron chi connectivity index (χ1n) is 9.25. The number of hydrogen-bond acceptors (Lipinski definition) is 2. The van der Waals surface area contributed by atoms with Gasteiger partial charge in [-0.15, -0.1) is 0 Å². The quantitative estimate of drug-likeness (QED) is 0.595. The van der Waals surface area contributed by atoms with Crippen molar-refractivity contribution >= 4 is 5.96 Å². The lowest BCUT2D eigenvalue weighted by Gasteiger charge is -2.32. The zero-order chi connectivity index (χ0) is 19.0. The van der Waals surface area contributed by atoms with Crippen molar-refractivity contribution in [3.63, 3.8) is 0 Å². The van der Waals surface area contributed by atoms with Crippen molar-refractivity contribution in [3.05, 3.63) is 35.4 Å². The standard InChI is InChI=1S/C19H29F3N4/c1-3-9-26-10-7-15(8-11-26)13-24-18(23-2)25-14-16-5-4-6-17(12-16)19(20,21)22/h4-6,12,15H,3,7-11,13-14H2,1-2H3,(H2,23,24,25). The van der Waals surface area contributed by atoms with E-state index in [0.717, 1.165) is 38.5 Å². The molecule has 1 heterocycles. The van der Waals surface area contributed by atoms with E-state index in [4.69, 9.17) is 0 Å². The van der Waals surface area contributed by atoms with Gasteiger partial charge in [0.1, 0.15) is 0 Å². The van der Waals surface area contributed by atoms with Crippen LogP contribution in [0, 0.1) is 5.92 Å². The summed E-state index contributed by atoms with van der Waals surface area (Å²) in [6.45, 7) is 6.78. The van der Waals surface area contributed by atoms with E-state index in [9.17, 15) is 13.2 Å². The zero-order valence-electron chi connectivity index (χ0n) is 15.6. The van der Waals surface area contributed by atoms with Crippen LogP contribution < -0.4 is 10.6 Å². The maximum Gasteiger partial charge on any atom is 0.416 e. The molecule has 0 amide bonds. The first kappa shape index (κ1) is 20.6. The van der Waals surface area contributed by atoms with Gasteiger partial charge < -0.3 is 15.5 Å². The van der Waals surface area contributed by atoms with Crippen LogP contribution in [-0.2, 0) is 12.7 Å². The van der Waals surface area contributed by atoms with E-state index in [2.05, 4.69) is 27.4 Å². The summed E-state index contributed by atoms with van der Waals surface area (Å²) in [7, 11) is 1.67. The Morgan fingerprint density at radius 3 is 2.58 bits per heavy atom.